The zero-order valence-corrected chi connectivity index (χ0v) is 8.71. The maximum Gasteiger partial charge on any atom is 0.0460 e. The van der Waals surface area contributed by atoms with Crippen molar-refractivity contribution in [2.75, 3.05) is 26.2 Å². The van der Waals surface area contributed by atoms with Crippen molar-refractivity contribution in [3.63, 3.8) is 0 Å². The Kier molecular flexibility index (Phi) is 7.51. The maximum absolute atomic E-state index is 8.83. The molecule has 0 spiro atoms. The van der Waals surface area contributed by atoms with Gasteiger partial charge in [-0.3, -0.25) is 0 Å². The van der Waals surface area contributed by atoms with E-state index in [2.05, 4.69) is 11.8 Å². The zero-order chi connectivity index (χ0) is 9.40. The fourth-order valence-corrected chi connectivity index (χ4v) is 1.49. The molecule has 0 bridgehead atoms. The first kappa shape index (κ1) is 11.9. The predicted octanol–water partition coefficient (Wildman–Crippen LogP) is 1.74. The zero-order valence-electron chi connectivity index (χ0n) is 8.71. The average molecular weight is 173 g/mol. The summed E-state index contributed by atoms with van der Waals surface area (Å²) in [5, 5.41) is 8.83. The summed E-state index contributed by atoms with van der Waals surface area (Å²) in [5.41, 5.74) is 0. The number of aliphatic hydroxyl groups is 1. The van der Waals surface area contributed by atoms with Gasteiger partial charge in [-0.1, -0.05) is 20.8 Å². The number of hydrogen-bond donors (Lipinski definition) is 1. The Labute approximate surface area is 76.6 Å². The van der Waals surface area contributed by atoms with Gasteiger partial charge in [-0.25, -0.2) is 0 Å². The van der Waals surface area contributed by atoms with E-state index >= 15 is 0 Å². The van der Waals surface area contributed by atoms with E-state index in [0.717, 1.165) is 6.54 Å². The molecule has 1 N–H and O–H groups in total. The van der Waals surface area contributed by atoms with Crippen LogP contribution in [0.3, 0.4) is 0 Å². The molecule has 1 heterocycles. The van der Waals surface area contributed by atoms with Gasteiger partial charge in [0.15, 0.2) is 0 Å². The summed E-state index contributed by atoms with van der Waals surface area (Å²) in [6.07, 6.45) is 2.37. The van der Waals surface area contributed by atoms with Crippen LogP contribution in [-0.2, 0) is 0 Å². The van der Waals surface area contributed by atoms with Gasteiger partial charge in [-0.2, -0.15) is 0 Å². The largest absolute Gasteiger partial charge is 0.396 e. The average Bonchev–Trinajstić information content (AvgIpc) is 2.21. The summed E-state index contributed by atoms with van der Waals surface area (Å²) in [5.74, 6) is 0.586. The van der Waals surface area contributed by atoms with Crippen LogP contribution in [0.5, 0.6) is 0 Å². The van der Waals surface area contributed by atoms with Crippen molar-refractivity contribution < 1.29 is 5.11 Å². The molecule has 2 nitrogen and oxygen atoms in total. The van der Waals surface area contributed by atoms with E-state index in [0.29, 0.717) is 12.5 Å². The smallest absolute Gasteiger partial charge is 0.0460 e. The molecule has 74 valence electrons. The van der Waals surface area contributed by atoms with E-state index < -0.39 is 0 Å². The fourth-order valence-electron chi connectivity index (χ4n) is 1.49. The van der Waals surface area contributed by atoms with E-state index in [1.165, 1.54) is 25.9 Å². The van der Waals surface area contributed by atoms with Gasteiger partial charge >= 0.3 is 0 Å². The quantitative estimate of drug-likeness (QED) is 0.687. The number of aliphatic hydroxyl groups excluding tert-OH is 1. The second-order valence-electron chi connectivity index (χ2n) is 3.06. The highest BCUT2D eigenvalue weighted by atomic mass is 16.3. The van der Waals surface area contributed by atoms with Crippen LogP contribution in [0.1, 0.15) is 33.6 Å². The topological polar surface area (TPSA) is 23.5 Å². The summed E-state index contributed by atoms with van der Waals surface area (Å²) in [6.45, 7) is 10.1. The molecule has 2 heteroatoms. The molecule has 0 amide bonds. The highest BCUT2D eigenvalue weighted by Gasteiger charge is 2.16. The molecule has 0 aromatic heterocycles. The van der Waals surface area contributed by atoms with Gasteiger partial charge in [0.05, 0.1) is 0 Å². The Morgan fingerprint density at radius 2 is 1.75 bits per heavy atom. The standard InChI is InChI=1S/C8H17NO.C2H6/c1-2-9-5-3-8(7-10)4-6-9;1-2/h8,10H,2-7H2,1H3;1-2H3. The van der Waals surface area contributed by atoms with Crippen molar-refractivity contribution in [3.05, 3.63) is 0 Å². The monoisotopic (exact) mass is 173 g/mol. The Morgan fingerprint density at radius 3 is 2.08 bits per heavy atom. The lowest BCUT2D eigenvalue weighted by Gasteiger charge is -2.29. The van der Waals surface area contributed by atoms with E-state index in [1.54, 1.807) is 0 Å². The van der Waals surface area contributed by atoms with E-state index in [4.69, 9.17) is 5.11 Å². The van der Waals surface area contributed by atoms with Crippen molar-refractivity contribution in [2.45, 2.75) is 33.6 Å². The highest BCUT2D eigenvalue weighted by Crippen LogP contribution is 2.15. The predicted molar refractivity (Wildman–Crippen MR) is 53.3 cm³/mol. The second-order valence-corrected chi connectivity index (χ2v) is 3.06. The molecular formula is C10H23NO. The first-order chi connectivity index (χ1) is 5.86. The van der Waals surface area contributed by atoms with E-state index in [9.17, 15) is 0 Å². The maximum atomic E-state index is 8.83. The first-order valence-electron chi connectivity index (χ1n) is 5.20. The van der Waals surface area contributed by atoms with E-state index in [-0.39, 0.29) is 0 Å². The fraction of sp³-hybridized carbons (Fsp3) is 1.00. The van der Waals surface area contributed by atoms with Gasteiger partial charge in [0.25, 0.3) is 0 Å². The lowest BCUT2D eigenvalue weighted by atomic mass is 9.98. The molecule has 0 aromatic carbocycles. The molecule has 1 aliphatic heterocycles. The van der Waals surface area contributed by atoms with Crippen molar-refractivity contribution in [2.24, 2.45) is 5.92 Å². The van der Waals surface area contributed by atoms with Gasteiger partial charge in [0.2, 0.25) is 0 Å². The third-order valence-corrected chi connectivity index (χ3v) is 2.41. The van der Waals surface area contributed by atoms with Gasteiger partial charge < -0.3 is 10.0 Å². The molecule has 1 rings (SSSR count). The van der Waals surface area contributed by atoms with Crippen LogP contribution in [0.15, 0.2) is 0 Å². The number of rotatable bonds is 2. The number of hydrogen-bond acceptors (Lipinski definition) is 2. The molecule has 1 aliphatic rings. The summed E-state index contributed by atoms with van der Waals surface area (Å²) in [7, 11) is 0. The Morgan fingerprint density at radius 1 is 1.25 bits per heavy atom. The Bertz CT molecular complexity index is 75.8. The third kappa shape index (κ3) is 4.07. The van der Waals surface area contributed by atoms with Crippen LogP contribution < -0.4 is 0 Å². The molecule has 1 fully saturated rings. The van der Waals surface area contributed by atoms with Crippen LogP contribution in [0.4, 0.5) is 0 Å². The molecule has 0 saturated carbocycles. The molecule has 0 unspecified atom stereocenters. The molecule has 12 heavy (non-hydrogen) atoms. The van der Waals surface area contributed by atoms with Crippen molar-refractivity contribution in [1.82, 2.24) is 4.90 Å². The minimum Gasteiger partial charge on any atom is -0.396 e. The summed E-state index contributed by atoms with van der Waals surface area (Å²) in [6, 6.07) is 0. The Hall–Kier alpha value is -0.0800. The van der Waals surface area contributed by atoms with Crippen molar-refractivity contribution in [1.29, 1.82) is 0 Å². The van der Waals surface area contributed by atoms with Crippen molar-refractivity contribution in [3.8, 4) is 0 Å². The molecule has 1 saturated heterocycles. The molecular weight excluding hydrogens is 150 g/mol. The van der Waals surface area contributed by atoms with E-state index in [1.807, 2.05) is 13.8 Å². The minimum absolute atomic E-state index is 0.386. The van der Waals surface area contributed by atoms with Crippen LogP contribution >= 0.6 is 0 Å². The number of nitrogens with zero attached hydrogens (tertiary/aromatic N) is 1. The first-order valence-corrected chi connectivity index (χ1v) is 5.20. The lowest BCUT2D eigenvalue weighted by Crippen LogP contribution is -2.34. The Balaban J connectivity index is 0.000000561. The van der Waals surface area contributed by atoms with Gasteiger partial charge in [-0.05, 0) is 38.4 Å². The summed E-state index contributed by atoms with van der Waals surface area (Å²) >= 11 is 0. The lowest BCUT2D eigenvalue weighted by molar-refractivity contribution is 0.135. The summed E-state index contributed by atoms with van der Waals surface area (Å²) in [4.78, 5) is 2.44. The van der Waals surface area contributed by atoms with Crippen molar-refractivity contribution >= 4 is 0 Å². The van der Waals surface area contributed by atoms with Crippen LogP contribution in [0.2, 0.25) is 0 Å². The van der Waals surface area contributed by atoms with Crippen LogP contribution in [0, 0.1) is 5.92 Å². The molecule has 0 radical (unpaired) electrons. The van der Waals surface area contributed by atoms with Gasteiger partial charge in [-0.15, -0.1) is 0 Å². The summed E-state index contributed by atoms with van der Waals surface area (Å²) < 4.78 is 0. The second kappa shape index (κ2) is 7.56. The number of likely N-dealkylation sites (tertiary alicyclic amines) is 1. The van der Waals surface area contributed by atoms with Gasteiger partial charge in [0, 0.05) is 6.61 Å². The van der Waals surface area contributed by atoms with Gasteiger partial charge in [0.1, 0.15) is 0 Å². The molecule has 0 atom stereocenters. The van der Waals surface area contributed by atoms with Crippen LogP contribution in [-0.4, -0.2) is 36.2 Å². The number of piperidine rings is 1. The minimum atomic E-state index is 0.386. The SMILES string of the molecule is CC.CCN1CCC(CO)CC1. The third-order valence-electron chi connectivity index (χ3n) is 2.41. The molecule has 0 aromatic rings. The molecule has 0 aliphatic carbocycles. The normalized spacial score (nSPS) is 20.0. The highest BCUT2D eigenvalue weighted by molar-refractivity contribution is 4.70. The van der Waals surface area contributed by atoms with Crippen LogP contribution in [0.25, 0.3) is 0 Å².